The van der Waals surface area contributed by atoms with E-state index in [-0.39, 0.29) is 24.4 Å². The van der Waals surface area contributed by atoms with Crippen LogP contribution in [0.25, 0.3) is 15.7 Å². The summed E-state index contributed by atoms with van der Waals surface area (Å²) in [5.74, 6) is 1.29. The van der Waals surface area contributed by atoms with Gasteiger partial charge in [-0.25, -0.2) is 13.9 Å². The number of fused-ring (bicyclic) bond motifs is 1. The summed E-state index contributed by atoms with van der Waals surface area (Å²) in [7, 11) is 0. The van der Waals surface area contributed by atoms with E-state index in [1.165, 1.54) is 12.1 Å². The Morgan fingerprint density at radius 3 is 2.37 bits per heavy atom. The maximum atomic E-state index is 13.1. The summed E-state index contributed by atoms with van der Waals surface area (Å²) in [5, 5.41) is 8.34. The molecule has 0 spiro atoms. The molecule has 8 nitrogen and oxygen atoms in total. The van der Waals surface area contributed by atoms with Gasteiger partial charge in [0.2, 0.25) is 5.69 Å². The Kier molecular flexibility index (Phi) is 7.32. The smallest absolute Gasteiger partial charge is 0.229 e. The number of rotatable bonds is 10. The molecule has 0 atom stereocenters. The van der Waals surface area contributed by atoms with E-state index in [0.29, 0.717) is 47.0 Å². The molecule has 38 heavy (non-hydrogen) atoms. The van der Waals surface area contributed by atoms with E-state index >= 15 is 0 Å². The van der Waals surface area contributed by atoms with Crippen molar-refractivity contribution in [3.8, 4) is 17.2 Å². The summed E-state index contributed by atoms with van der Waals surface area (Å²) < 4.78 is 26.7. The Balaban J connectivity index is 1.26. The van der Waals surface area contributed by atoms with Gasteiger partial charge in [0.25, 0.3) is 0 Å². The zero-order valence-electron chi connectivity index (χ0n) is 20.3. The molecule has 0 amide bonds. The third-order valence-electron chi connectivity index (χ3n) is 5.82. The highest BCUT2D eigenvalue weighted by molar-refractivity contribution is 5.91. The lowest BCUT2D eigenvalue weighted by Crippen LogP contribution is -2.08. The second-order valence-electron chi connectivity index (χ2n) is 8.54. The highest BCUT2D eigenvalue weighted by Gasteiger charge is 2.12. The number of halogens is 1. The maximum Gasteiger partial charge on any atom is 0.229 e. The Labute approximate surface area is 218 Å². The van der Waals surface area contributed by atoms with Crippen LogP contribution in [0.4, 0.5) is 10.1 Å². The maximum absolute atomic E-state index is 13.1. The Bertz CT molecular complexity index is 1600. The number of ether oxygens (including phenoxy) is 2. The molecule has 9 heteroatoms. The van der Waals surface area contributed by atoms with Crippen LogP contribution in [0.15, 0.2) is 85.3 Å². The predicted molar refractivity (Wildman–Crippen MR) is 139 cm³/mol. The second kappa shape index (κ2) is 11.3. The van der Waals surface area contributed by atoms with Crippen molar-refractivity contribution in [1.29, 1.82) is 0 Å². The average Bonchev–Trinajstić information content (AvgIpc) is 3.44. The summed E-state index contributed by atoms with van der Waals surface area (Å²) >= 11 is 0. The molecule has 0 fully saturated rings. The SMILES string of the molecule is [C-]#[N+]c1cc2c(Oc3ccc(CC(=O)Cc4ccc(F)cc4)cc3)ccnc2cc1OCCn1ccnn1. The van der Waals surface area contributed by atoms with E-state index in [1.54, 1.807) is 65.7 Å². The Morgan fingerprint density at radius 1 is 0.947 bits per heavy atom. The number of hydrogen-bond donors (Lipinski definition) is 0. The molecule has 0 bridgehead atoms. The normalized spacial score (nSPS) is 10.7. The lowest BCUT2D eigenvalue weighted by molar-refractivity contribution is -0.117. The van der Waals surface area contributed by atoms with Crippen molar-refractivity contribution < 1.29 is 18.7 Å². The lowest BCUT2D eigenvalue weighted by atomic mass is 10.0. The summed E-state index contributed by atoms with van der Waals surface area (Å²) in [6, 6.07) is 18.4. The first-order chi connectivity index (χ1) is 18.6. The van der Waals surface area contributed by atoms with Crippen molar-refractivity contribution in [1.82, 2.24) is 20.0 Å². The molecular formula is C29H22FN5O3. The number of carbonyl (C=O) groups is 1. The van der Waals surface area contributed by atoms with Crippen LogP contribution >= 0.6 is 0 Å². The van der Waals surface area contributed by atoms with Gasteiger partial charge in [0.05, 0.1) is 24.8 Å². The minimum absolute atomic E-state index is 0.0383. The van der Waals surface area contributed by atoms with E-state index in [0.717, 1.165) is 11.1 Å². The van der Waals surface area contributed by atoms with Crippen molar-refractivity contribution >= 4 is 22.4 Å². The number of nitrogens with zero attached hydrogens (tertiary/aromatic N) is 5. The first kappa shape index (κ1) is 24.6. The molecule has 5 rings (SSSR count). The fourth-order valence-corrected chi connectivity index (χ4v) is 3.95. The Hall–Kier alpha value is -5.10. The molecule has 2 aromatic heterocycles. The molecule has 0 radical (unpaired) electrons. The van der Waals surface area contributed by atoms with Gasteiger partial charge < -0.3 is 9.47 Å². The van der Waals surface area contributed by atoms with Crippen LogP contribution in [0.2, 0.25) is 0 Å². The monoisotopic (exact) mass is 507 g/mol. The van der Waals surface area contributed by atoms with Crippen LogP contribution in [0.1, 0.15) is 11.1 Å². The summed E-state index contributed by atoms with van der Waals surface area (Å²) in [6.45, 7) is 8.42. The quantitative estimate of drug-likeness (QED) is 0.224. The summed E-state index contributed by atoms with van der Waals surface area (Å²) in [4.78, 5) is 20.5. The number of aromatic nitrogens is 4. The fraction of sp³-hybridized carbons (Fsp3) is 0.138. The van der Waals surface area contributed by atoms with Gasteiger partial charge in [-0.1, -0.05) is 29.5 Å². The summed E-state index contributed by atoms with van der Waals surface area (Å²) in [5.41, 5.74) is 2.62. The molecular weight excluding hydrogens is 485 g/mol. The molecule has 0 aliphatic heterocycles. The molecule has 0 aliphatic rings. The van der Waals surface area contributed by atoms with Crippen molar-refractivity contribution in [2.24, 2.45) is 0 Å². The van der Waals surface area contributed by atoms with Gasteiger partial charge in [-0.2, -0.15) is 0 Å². The largest absolute Gasteiger partial charge is 0.503 e. The number of carbonyl (C=O) groups excluding carboxylic acids is 1. The average molecular weight is 508 g/mol. The van der Waals surface area contributed by atoms with Crippen LogP contribution in [0.3, 0.4) is 0 Å². The van der Waals surface area contributed by atoms with Gasteiger partial charge in [0.1, 0.15) is 35.5 Å². The first-order valence-corrected chi connectivity index (χ1v) is 11.9. The minimum atomic E-state index is -0.322. The topological polar surface area (TPSA) is 83.5 Å². The molecule has 0 unspecified atom stereocenters. The van der Waals surface area contributed by atoms with Gasteiger partial charge in [-0.15, -0.1) is 5.10 Å². The number of benzene rings is 3. The van der Waals surface area contributed by atoms with Crippen LogP contribution in [0, 0.1) is 12.4 Å². The summed E-state index contributed by atoms with van der Waals surface area (Å²) in [6.07, 6.45) is 5.48. The van der Waals surface area contributed by atoms with Crippen LogP contribution < -0.4 is 9.47 Å². The minimum Gasteiger partial charge on any atom is -0.503 e. The molecule has 5 aromatic rings. The van der Waals surface area contributed by atoms with E-state index in [1.807, 2.05) is 12.1 Å². The van der Waals surface area contributed by atoms with E-state index in [4.69, 9.17) is 16.0 Å². The van der Waals surface area contributed by atoms with Crippen molar-refractivity contribution in [3.05, 3.63) is 114 Å². The number of hydrogen-bond acceptors (Lipinski definition) is 6. The Morgan fingerprint density at radius 2 is 1.68 bits per heavy atom. The molecule has 2 heterocycles. The van der Waals surface area contributed by atoms with Crippen molar-refractivity contribution in [3.63, 3.8) is 0 Å². The second-order valence-corrected chi connectivity index (χ2v) is 8.54. The lowest BCUT2D eigenvalue weighted by Gasteiger charge is -2.12. The van der Waals surface area contributed by atoms with Gasteiger partial charge in [0.15, 0.2) is 0 Å². The van der Waals surface area contributed by atoms with E-state index in [2.05, 4.69) is 20.1 Å². The zero-order chi connectivity index (χ0) is 26.3. The van der Waals surface area contributed by atoms with Crippen LogP contribution in [-0.4, -0.2) is 32.4 Å². The van der Waals surface area contributed by atoms with Crippen molar-refractivity contribution in [2.45, 2.75) is 19.4 Å². The van der Waals surface area contributed by atoms with E-state index < -0.39 is 0 Å². The van der Waals surface area contributed by atoms with Crippen LogP contribution in [-0.2, 0) is 24.2 Å². The van der Waals surface area contributed by atoms with Gasteiger partial charge >= 0.3 is 0 Å². The molecule has 0 aliphatic carbocycles. The third kappa shape index (κ3) is 5.99. The molecule has 0 saturated heterocycles. The highest BCUT2D eigenvalue weighted by Crippen LogP contribution is 2.37. The standard InChI is InChI=1S/C29H22FN5O3/c1-31-27-18-25-26(19-29(27)37-15-14-35-13-12-33-34-35)32-11-10-28(25)38-24-8-4-21(5-9-24)17-23(36)16-20-2-6-22(30)7-3-20/h2-13,18-19H,14-17H2. The zero-order valence-corrected chi connectivity index (χ0v) is 20.3. The third-order valence-corrected chi connectivity index (χ3v) is 5.82. The number of pyridine rings is 1. The molecule has 0 saturated carbocycles. The number of Topliss-reactive ketones (excluding diaryl/α,β-unsaturated/α-hetero) is 1. The van der Waals surface area contributed by atoms with Crippen LogP contribution in [0.5, 0.6) is 17.2 Å². The number of ketones is 1. The first-order valence-electron chi connectivity index (χ1n) is 11.9. The van der Waals surface area contributed by atoms with Gasteiger partial charge in [-0.05, 0) is 53.6 Å². The van der Waals surface area contributed by atoms with Gasteiger partial charge in [-0.3, -0.25) is 9.78 Å². The highest BCUT2D eigenvalue weighted by atomic mass is 19.1. The van der Waals surface area contributed by atoms with Gasteiger partial charge in [0, 0.05) is 30.6 Å². The van der Waals surface area contributed by atoms with Crippen molar-refractivity contribution in [2.75, 3.05) is 6.61 Å². The van der Waals surface area contributed by atoms with E-state index in [9.17, 15) is 9.18 Å². The molecule has 0 N–H and O–H groups in total. The predicted octanol–water partition coefficient (Wildman–Crippen LogP) is 5.74. The molecule has 3 aromatic carbocycles. The fourth-order valence-electron chi connectivity index (χ4n) is 3.95. The molecule has 188 valence electrons.